The fraction of sp³-hybridized carbons (Fsp3) is 0. The third-order valence-corrected chi connectivity index (χ3v) is 2.57. The maximum atomic E-state index is 5.84. The van der Waals surface area contributed by atoms with Gasteiger partial charge in [-0.15, -0.1) is 11.3 Å². The van der Waals surface area contributed by atoms with E-state index in [1.807, 2.05) is 47.8 Å². The van der Waals surface area contributed by atoms with E-state index in [1.54, 1.807) is 11.3 Å². The van der Waals surface area contributed by atoms with Crippen molar-refractivity contribution in [3.05, 3.63) is 53.4 Å². The van der Waals surface area contributed by atoms with Crippen LogP contribution in [0.3, 0.4) is 0 Å². The molecule has 0 amide bonds. The molecule has 2 nitrogen and oxygen atoms in total. The molecule has 0 spiro atoms. The Morgan fingerprint density at radius 1 is 1.07 bits per heavy atom. The minimum atomic E-state index is 0.563. The Hall–Kier alpha value is -1.61. The third kappa shape index (κ3) is 2.00. The first-order valence-electron chi connectivity index (χ1n) is 4.29. The van der Waals surface area contributed by atoms with E-state index in [-0.39, 0.29) is 0 Å². The lowest BCUT2D eigenvalue weighted by molar-refractivity contribution is 1.50. The number of nitrogens with two attached hydrogens (primary N) is 1. The second kappa shape index (κ2) is 4.07. The van der Waals surface area contributed by atoms with Gasteiger partial charge in [0.1, 0.15) is 10.8 Å². The number of rotatable bonds is 2. The van der Waals surface area contributed by atoms with E-state index < -0.39 is 0 Å². The summed E-state index contributed by atoms with van der Waals surface area (Å²) in [5.74, 6) is 0.563. The first-order valence-corrected chi connectivity index (χ1v) is 5.17. The van der Waals surface area contributed by atoms with E-state index >= 15 is 0 Å². The maximum Gasteiger partial charge on any atom is 0.132 e. The van der Waals surface area contributed by atoms with Crippen LogP contribution in [-0.4, -0.2) is 5.84 Å². The topological polar surface area (TPSA) is 38.4 Å². The van der Waals surface area contributed by atoms with Crippen LogP contribution in [0.4, 0.5) is 5.00 Å². The number of nitrogens with zero attached hydrogens (tertiary/aromatic N) is 1. The van der Waals surface area contributed by atoms with Gasteiger partial charge in [0.25, 0.3) is 0 Å². The minimum Gasteiger partial charge on any atom is -0.383 e. The van der Waals surface area contributed by atoms with Crippen LogP contribution in [0, 0.1) is 0 Å². The molecule has 0 atom stereocenters. The highest BCUT2D eigenvalue weighted by Crippen LogP contribution is 2.19. The monoisotopic (exact) mass is 202 g/mol. The number of benzene rings is 1. The highest BCUT2D eigenvalue weighted by Gasteiger charge is 1.97. The number of hydrogen-bond acceptors (Lipinski definition) is 2. The van der Waals surface area contributed by atoms with Crippen LogP contribution < -0.4 is 5.73 Å². The Morgan fingerprint density at radius 3 is 2.50 bits per heavy atom. The highest BCUT2D eigenvalue weighted by molar-refractivity contribution is 7.13. The van der Waals surface area contributed by atoms with Gasteiger partial charge in [-0.3, -0.25) is 0 Å². The van der Waals surface area contributed by atoms with Gasteiger partial charge in [-0.2, -0.15) is 0 Å². The Balaban J connectivity index is 2.29. The number of amidine groups is 1. The van der Waals surface area contributed by atoms with Gasteiger partial charge in [0.05, 0.1) is 0 Å². The van der Waals surface area contributed by atoms with E-state index in [0.29, 0.717) is 5.84 Å². The molecule has 1 aromatic carbocycles. The van der Waals surface area contributed by atoms with Crippen LogP contribution in [0.1, 0.15) is 5.56 Å². The van der Waals surface area contributed by atoms with Gasteiger partial charge in [-0.25, -0.2) is 4.99 Å². The van der Waals surface area contributed by atoms with Crippen molar-refractivity contribution in [3.63, 3.8) is 0 Å². The first kappa shape index (κ1) is 8.97. The third-order valence-electron chi connectivity index (χ3n) is 1.81. The number of thiophene rings is 1. The van der Waals surface area contributed by atoms with E-state index in [2.05, 4.69) is 4.99 Å². The summed E-state index contributed by atoms with van der Waals surface area (Å²) >= 11 is 1.58. The molecule has 0 aliphatic carbocycles. The molecule has 0 saturated carbocycles. The quantitative estimate of drug-likeness (QED) is 0.590. The molecule has 1 heterocycles. The molecule has 0 bridgehead atoms. The molecule has 0 aliphatic rings. The zero-order valence-electron chi connectivity index (χ0n) is 7.55. The fourth-order valence-corrected chi connectivity index (χ4v) is 1.73. The lowest BCUT2D eigenvalue weighted by atomic mass is 10.2. The summed E-state index contributed by atoms with van der Waals surface area (Å²) in [6.07, 6.45) is 0. The van der Waals surface area contributed by atoms with Gasteiger partial charge < -0.3 is 5.73 Å². The highest BCUT2D eigenvalue weighted by atomic mass is 32.1. The van der Waals surface area contributed by atoms with Crippen LogP contribution in [0.2, 0.25) is 0 Å². The molecule has 2 aromatic rings. The molecule has 3 heteroatoms. The van der Waals surface area contributed by atoms with Crippen molar-refractivity contribution in [2.45, 2.75) is 0 Å². The Morgan fingerprint density at radius 2 is 1.86 bits per heavy atom. The van der Waals surface area contributed by atoms with E-state index in [4.69, 9.17) is 5.73 Å². The average Bonchev–Trinajstić information content (AvgIpc) is 2.72. The van der Waals surface area contributed by atoms with Crippen LogP contribution in [0.5, 0.6) is 0 Å². The summed E-state index contributed by atoms with van der Waals surface area (Å²) in [6, 6.07) is 13.7. The number of aliphatic imine (C=N–C) groups is 1. The maximum absolute atomic E-state index is 5.84. The lowest BCUT2D eigenvalue weighted by Gasteiger charge is -1.98. The molecule has 0 fully saturated rings. The van der Waals surface area contributed by atoms with Gasteiger partial charge in [-0.1, -0.05) is 30.3 Å². The minimum absolute atomic E-state index is 0.563. The van der Waals surface area contributed by atoms with E-state index in [0.717, 1.165) is 10.6 Å². The van der Waals surface area contributed by atoms with Gasteiger partial charge in [0.2, 0.25) is 0 Å². The largest absolute Gasteiger partial charge is 0.383 e. The molecular formula is C11H10N2S. The van der Waals surface area contributed by atoms with Gasteiger partial charge in [-0.05, 0) is 17.5 Å². The van der Waals surface area contributed by atoms with Crippen molar-refractivity contribution >= 4 is 22.2 Å². The van der Waals surface area contributed by atoms with Crippen molar-refractivity contribution in [2.75, 3.05) is 0 Å². The Kier molecular flexibility index (Phi) is 2.60. The molecule has 2 N–H and O–H groups in total. The van der Waals surface area contributed by atoms with Crippen LogP contribution in [0.25, 0.3) is 0 Å². The Bertz CT molecular complexity index is 418. The summed E-state index contributed by atoms with van der Waals surface area (Å²) in [4.78, 5) is 4.30. The normalized spacial score (nSPS) is 11.6. The van der Waals surface area contributed by atoms with Gasteiger partial charge >= 0.3 is 0 Å². The van der Waals surface area contributed by atoms with Crippen molar-refractivity contribution in [1.82, 2.24) is 0 Å². The van der Waals surface area contributed by atoms with Crippen molar-refractivity contribution in [3.8, 4) is 0 Å². The molecule has 1 aromatic heterocycles. The van der Waals surface area contributed by atoms with Crippen molar-refractivity contribution in [2.24, 2.45) is 10.7 Å². The summed E-state index contributed by atoms with van der Waals surface area (Å²) in [5.41, 5.74) is 6.80. The SMILES string of the molecule is N/C(=N\c1cccs1)c1ccccc1. The van der Waals surface area contributed by atoms with Gasteiger partial charge in [0, 0.05) is 5.56 Å². The summed E-state index contributed by atoms with van der Waals surface area (Å²) in [7, 11) is 0. The molecule has 0 unspecified atom stereocenters. The second-order valence-corrected chi connectivity index (χ2v) is 3.74. The number of hydrogen-bond donors (Lipinski definition) is 1. The van der Waals surface area contributed by atoms with E-state index in [1.165, 1.54) is 0 Å². The molecule has 0 aliphatic heterocycles. The van der Waals surface area contributed by atoms with Crippen molar-refractivity contribution in [1.29, 1.82) is 0 Å². The predicted molar refractivity (Wildman–Crippen MR) is 61.1 cm³/mol. The van der Waals surface area contributed by atoms with Gasteiger partial charge in [0.15, 0.2) is 0 Å². The predicted octanol–water partition coefficient (Wildman–Crippen LogP) is 2.79. The Labute approximate surface area is 86.7 Å². The van der Waals surface area contributed by atoms with Crippen LogP contribution in [-0.2, 0) is 0 Å². The smallest absolute Gasteiger partial charge is 0.132 e. The van der Waals surface area contributed by atoms with E-state index in [9.17, 15) is 0 Å². The lowest BCUT2D eigenvalue weighted by Crippen LogP contribution is -2.12. The molecular weight excluding hydrogens is 192 g/mol. The standard InChI is InChI=1S/C11H10N2S/c12-11(9-5-2-1-3-6-9)13-10-7-4-8-14-10/h1-8H,(H2,12,13). The zero-order chi connectivity index (χ0) is 9.80. The summed E-state index contributed by atoms with van der Waals surface area (Å²) < 4.78 is 0. The van der Waals surface area contributed by atoms with Crippen LogP contribution in [0.15, 0.2) is 52.8 Å². The molecule has 2 rings (SSSR count). The summed E-state index contributed by atoms with van der Waals surface area (Å²) in [6.45, 7) is 0. The fourth-order valence-electron chi connectivity index (χ4n) is 1.13. The first-order chi connectivity index (χ1) is 6.86. The van der Waals surface area contributed by atoms with Crippen molar-refractivity contribution < 1.29 is 0 Å². The average molecular weight is 202 g/mol. The zero-order valence-corrected chi connectivity index (χ0v) is 8.37. The molecule has 0 saturated heterocycles. The molecule has 14 heavy (non-hydrogen) atoms. The summed E-state index contributed by atoms with van der Waals surface area (Å²) in [5, 5.41) is 2.92. The second-order valence-electron chi connectivity index (χ2n) is 2.81. The molecule has 70 valence electrons. The van der Waals surface area contributed by atoms with Crippen LogP contribution >= 0.6 is 11.3 Å². The molecule has 0 radical (unpaired) electrons.